The van der Waals surface area contributed by atoms with Gasteiger partial charge in [-0.1, -0.05) is 30.3 Å². The van der Waals surface area contributed by atoms with E-state index in [1.54, 1.807) is 6.07 Å². The predicted octanol–water partition coefficient (Wildman–Crippen LogP) is 1.96. The molecule has 3 N–H and O–H groups in total. The van der Waals surface area contributed by atoms with Crippen molar-refractivity contribution in [3.8, 4) is 0 Å². The van der Waals surface area contributed by atoms with E-state index in [9.17, 15) is 4.79 Å². The van der Waals surface area contributed by atoms with E-state index in [1.165, 1.54) is 0 Å². The monoisotopic (exact) mass is 273 g/mol. The number of aromatic nitrogens is 2. The number of carbonyl (C=O) groups excluding carboxylic acids is 1. The standard InChI is InChI=1S/C15H19N3O2/c1-11-10-14(18-17-11)15(20)16-13(8-5-9-19)12-6-3-2-4-7-12/h2-4,6-7,10,13,19H,5,8-9H2,1H3,(H,16,20)(H,17,18). The van der Waals surface area contributed by atoms with Crippen LogP contribution >= 0.6 is 0 Å². The number of carbonyl (C=O) groups is 1. The molecule has 5 nitrogen and oxygen atoms in total. The van der Waals surface area contributed by atoms with E-state index in [-0.39, 0.29) is 18.6 Å². The highest BCUT2D eigenvalue weighted by Crippen LogP contribution is 2.18. The Hall–Kier alpha value is -2.14. The lowest BCUT2D eigenvalue weighted by atomic mass is 10.0. The van der Waals surface area contributed by atoms with Gasteiger partial charge in [-0.25, -0.2) is 0 Å². The maximum atomic E-state index is 12.1. The van der Waals surface area contributed by atoms with Crippen LogP contribution in [-0.4, -0.2) is 27.8 Å². The number of hydrogen-bond acceptors (Lipinski definition) is 3. The Morgan fingerprint density at radius 3 is 2.75 bits per heavy atom. The first-order chi connectivity index (χ1) is 9.70. The molecule has 1 heterocycles. The molecule has 0 saturated carbocycles. The molecule has 0 fully saturated rings. The quantitative estimate of drug-likeness (QED) is 0.753. The number of aromatic amines is 1. The van der Waals surface area contributed by atoms with E-state index in [4.69, 9.17) is 5.11 Å². The Balaban J connectivity index is 2.09. The van der Waals surface area contributed by atoms with Gasteiger partial charge in [0.05, 0.1) is 6.04 Å². The maximum absolute atomic E-state index is 12.1. The van der Waals surface area contributed by atoms with Gasteiger partial charge in [0.2, 0.25) is 0 Å². The first-order valence-electron chi connectivity index (χ1n) is 6.69. The normalized spacial score (nSPS) is 12.1. The van der Waals surface area contributed by atoms with E-state index in [2.05, 4.69) is 15.5 Å². The summed E-state index contributed by atoms with van der Waals surface area (Å²) in [7, 11) is 0. The van der Waals surface area contributed by atoms with Crippen molar-refractivity contribution in [2.75, 3.05) is 6.61 Å². The van der Waals surface area contributed by atoms with Gasteiger partial charge in [-0.2, -0.15) is 5.10 Å². The van der Waals surface area contributed by atoms with Gasteiger partial charge in [-0.15, -0.1) is 0 Å². The third-order valence-electron chi connectivity index (χ3n) is 3.10. The number of hydrogen-bond donors (Lipinski definition) is 3. The van der Waals surface area contributed by atoms with Crippen molar-refractivity contribution < 1.29 is 9.90 Å². The summed E-state index contributed by atoms with van der Waals surface area (Å²) in [6.45, 7) is 1.96. The van der Waals surface area contributed by atoms with Crippen LogP contribution in [-0.2, 0) is 0 Å². The van der Waals surface area contributed by atoms with Gasteiger partial charge >= 0.3 is 0 Å². The largest absolute Gasteiger partial charge is 0.396 e. The molecular weight excluding hydrogens is 254 g/mol. The van der Waals surface area contributed by atoms with Gasteiger partial charge < -0.3 is 10.4 Å². The third kappa shape index (κ3) is 3.68. The van der Waals surface area contributed by atoms with Crippen LogP contribution in [0.4, 0.5) is 0 Å². The molecule has 1 aromatic heterocycles. The number of H-pyrrole nitrogens is 1. The van der Waals surface area contributed by atoms with Gasteiger partial charge in [0, 0.05) is 12.3 Å². The van der Waals surface area contributed by atoms with Crippen LogP contribution in [0.5, 0.6) is 0 Å². The fourth-order valence-electron chi connectivity index (χ4n) is 2.07. The highest BCUT2D eigenvalue weighted by atomic mass is 16.3. The van der Waals surface area contributed by atoms with E-state index < -0.39 is 0 Å². The van der Waals surface area contributed by atoms with Crippen molar-refractivity contribution in [2.24, 2.45) is 0 Å². The van der Waals surface area contributed by atoms with Gasteiger partial charge in [0.15, 0.2) is 0 Å². The summed E-state index contributed by atoms with van der Waals surface area (Å²) in [6, 6.07) is 11.3. The van der Waals surface area contributed by atoms with Crippen LogP contribution in [0.3, 0.4) is 0 Å². The number of rotatable bonds is 6. The number of amides is 1. The summed E-state index contributed by atoms with van der Waals surface area (Å²) < 4.78 is 0. The van der Waals surface area contributed by atoms with Crippen molar-refractivity contribution >= 4 is 5.91 Å². The summed E-state index contributed by atoms with van der Waals surface area (Å²) in [5.74, 6) is -0.207. The average molecular weight is 273 g/mol. The third-order valence-corrected chi connectivity index (χ3v) is 3.10. The zero-order chi connectivity index (χ0) is 14.4. The van der Waals surface area contributed by atoms with Gasteiger partial charge in [-0.05, 0) is 31.4 Å². The van der Waals surface area contributed by atoms with Gasteiger partial charge in [0.1, 0.15) is 5.69 Å². The highest BCUT2D eigenvalue weighted by Gasteiger charge is 2.16. The van der Waals surface area contributed by atoms with Crippen molar-refractivity contribution in [1.29, 1.82) is 0 Å². The molecular formula is C15H19N3O2. The van der Waals surface area contributed by atoms with Crippen molar-refractivity contribution in [3.05, 3.63) is 53.3 Å². The first kappa shape index (κ1) is 14.3. The lowest BCUT2D eigenvalue weighted by Gasteiger charge is -2.18. The van der Waals surface area contributed by atoms with Crippen molar-refractivity contribution in [3.63, 3.8) is 0 Å². The summed E-state index contributed by atoms with van der Waals surface area (Å²) >= 11 is 0. The fourth-order valence-corrected chi connectivity index (χ4v) is 2.07. The lowest BCUT2D eigenvalue weighted by Crippen LogP contribution is -2.29. The Morgan fingerprint density at radius 1 is 1.40 bits per heavy atom. The minimum atomic E-state index is -0.207. The van der Waals surface area contributed by atoms with Crippen molar-refractivity contribution in [2.45, 2.75) is 25.8 Å². The first-order valence-corrected chi connectivity index (χ1v) is 6.69. The SMILES string of the molecule is Cc1cc(C(=O)NC(CCCO)c2ccccc2)n[nH]1. The van der Waals surface area contributed by atoms with Gasteiger partial charge in [0.25, 0.3) is 5.91 Å². The number of aryl methyl sites for hydroxylation is 1. The lowest BCUT2D eigenvalue weighted by molar-refractivity contribution is 0.0927. The minimum Gasteiger partial charge on any atom is -0.396 e. The second-order valence-electron chi connectivity index (χ2n) is 4.74. The number of aliphatic hydroxyl groups excluding tert-OH is 1. The zero-order valence-electron chi connectivity index (χ0n) is 11.5. The molecule has 1 atom stereocenters. The summed E-state index contributed by atoms with van der Waals surface area (Å²) in [4.78, 5) is 12.1. The smallest absolute Gasteiger partial charge is 0.272 e. The predicted molar refractivity (Wildman–Crippen MR) is 76.3 cm³/mol. The topological polar surface area (TPSA) is 78.0 Å². The zero-order valence-corrected chi connectivity index (χ0v) is 11.5. The highest BCUT2D eigenvalue weighted by molar-refractivity contribution is 5.92. The molecule has 0 aliphatic rings. The van der Waals surface area contributed by atoms with Gasteiger partial charge in [-0.3, -0.25) is 9.89 Å². The molecule has 0 saturated heterocycles. The molecule has 0 spiro atoms. The molecule has 2 aromatic rings. The molecule has 106 valence electrons. The summed E-state index contributed by atoms with van der Waals surface area (Å²) in [5, 5.41) is 18.7. The van der Waals surface area contributed by atoms with Crippen LogP contribution in [0.25, 0.3) is 0 Å². The molecule has 5 heteroatoms. The molecule has 1 unspecified atom stereocenters. The van der Waals surface area contributed by atoms with Crippen LogP contribution in [0.15, 0.2) is 36.4 Å². The molecule has 0 aliphatic heterocycles. The Kier molecular flexibility index (Phi) is 4.90. The van der Waals surface area contributed by atoms with Crippen LogP contribution in [0.1, 0.15) is 40.6 Å². The molecule has 1 aromatic carbocycles. The number of nitrogens with zero attached hydrogens (tertiary/aromatic N) is 1. The van der Waals surface area contributed by atoms with Crippen LogP contribution < -0.4 is 5.32 Å². The molecule has 2 rings (SSSR count). The van der Waals surface area contributed by atoms with Crippen LogP contribution in [0.2, 0.25) is 0 Å². The number of nitrogens with one attached hydrogen (secondary N) is 2. The van der Waals surface area contributed by atoms with E-state index >= 15 is 0 Å². The second-order valence-corrected chi connectivity index (χ2v) is 4.74. The van der Waals surface area contributed by atoms with E-state index in [0.717, 1.165) is 11.3 Å². The fraction of sp³-hybridized carbons (Fsp3) is 0.333. The summed E-state index contributed by atoms with van der Waals surface area (Å²) in [6.07, 6.45) is 1.33. The Morgan fingerprint density at radius 2 is 2.15 bits per heavy atom. The minimum absolute atomic E-state index is 0.112. The molecule has 0 aliphatic carbocycles. The Bertz CT molecular complexity index is 551. The molecule has 0 radical (unpaired) electrons. The van der Waals surface area contributed by atoms with E-state index in [1.807, 2.05) is 37.3 Å². The Labute approximate surface area is 118 Å². The van der Waals surface area contributed by atoms with E-state index in [0.29, 0.717) is 18.5 Å². The number of benzene rings is 1. The van der Waals surface area contributed by atoms with Crippen molar-refractivity contribution in [1.82, 2.24) is 15.5 Å². The molecule has 20 heavy (non-hydrogen) atoms. The maximum Gasteiger partial charge on any atom is 0.272 e. The molecule has 0 bridgehead atoms. The number of aliphatic hydroxyl groups is 1. The summed E-state index contributed by atoms with van der Waals surface area (Å²) in [5.41, 5.74) is 2.26. The molecule has 1 amide bonds. The second kappa shape index (κ2) is 6.86. The van der Waals surface area contributed by atoms with Crippen LogP contribution in [0, 0.1) is 6.92 Å². The average Bonchev–Trinajstić information content (AvgIpc) is 2.91.